The molecule has 0 bridgehead atoms. The number of carbonyl (C=O) groups is 1. The molecule has 0 unspecified atom stereocenters. The van der Waals surface area contributed by atoms with E-state index in [9.17, 15) is 18.4 Å². The minimum atomic E-state index is -3.20. The molecule has 9 heteroatoms. The minimum absolute atomic E-state index is 0.288. The van der Waals surface area contributed by atoms with Gasteiger partial charge in [-0.1, -0.05) is 0 Å². The average molecular weight is 288 g/mol. The second-order valence-electron chi connectivity index (χ2n) is 3.78. The zero-order valence-electron chi connectivity index (χ0n) is 9.60. The Kier molecular flexibility index (Phi) is 3.58. The van der Waals surface area contributed by atoms with E-state index in [4.69, 9.17) is 5.73 Å². The van der Waals surface area contributed by atoms with Crippen LogP contribution < -0.4 is 16.6 Å². The number of alkyl halides is 2. The number of hydrogen-bond donors (Lipinski definition) is 2. The summed E-state index contributed by atoms with van der Waals surface area (Å²) in [5, 5.41) is 3.60. The first-order valence-electron chi connectivity index (χ1n) is 5.25. The van der Waals surface area contributed by atoms with E-state index >= 15 is 0 Å². The van der Waals surface area contributed by atoms with Gasteiger partial charge in [0, 0.05) is 17.8 Å². The molecule has 0 aliphatic rings. The molecule has 0 saturated heterocycles. The van der Waals surface area contributed by atoms with Gasteiger partial charge in [-0.2, -0.15) is 0 Å². The van der Waals surface area contributed by atoms with Crippen molar-refractivity contribution in [2.24, 2.45) is 5.73 Å². The highest BCUT2D eigenvalue weighted by molar-refractivity contribution is 7.15. The maximum absolute atomic E-state index is 12.9. The lowest BCUT2D eigenvalue weighted by molar-refractivity contribution is 0.0118. The molecule has 0 aromatic carbocycles. The van der Waals surface area contributed by atoms with Gasteiger partial charge in [0.1, 0.15) is 5.56 Å². The van der Waals surface area contributed by atoms with Crippen LogP contribution in [0.2, 0.25) is 0 Å². The molecule has 2 rings (SSSR count). The number of fused-ring (bicyclic) bond motifs is 1. The number of carbonyl (C=O) groups excluding carboxylic acids is 1. The Labute approximate surface area is 109 Å². The molecule has 0 saturated carbocycles. The normalized spacial score (nSPS) is 11.7. The number of nitrogens with zero attached hydrogens (tertiary/aromatic N) is 2. The quantitative estimate of drug-likeness (QED) is 0.833. The lowest BCUT2D eigenvalue weighted by atomic mass is 10.3. The van der Waals surface area contributed by atoms with Gasteiger partial charge in [-0.25, -0.2) is 13.8 Å². The number of halogens is 2. The maximum atomic E-state index is 12.9. The number of aromatic nitrogens is 2. The van der Waals surface area contributed by atoms with Crippen molar-refractivity contribution in [3.05, 3.63) is 33.7 Å². The monoisotopic (exact) mass is 288 g/mol. The van der Waals surface area contributed by atoms with Gasteiger partial charge in [0.25, 0.3) is 17.4 Å². The second kappa shape index (κ2) is 5.02. The van der Waals surface area contributed by atoms with Crippen LogP contribution in [0.15, 0.2) is 22.6 Å². The predicted octanol–water partition coefficient (Wildman–Crippen LogP) is 0.0798. The van der Waals surface area contributed by atoms with Crippen molar-refractivity contribution in [3.8, 4) is 0 Å². The van der Waals surface area contributed by atoms with Gasteiger partial charge in [-0.15, -0.1) is 11.3 Å². The zero-order chi connectivity index (χ0) is 14.0. The fourth-order valence-corrected chi connectivity index (χ4v) is 2.03. The van der Waals surface area contributed by atoms with Crippen molar-refractivity contribution >= 4 is 22.2 Å². The van der Waals surface area contributed by atoms with Crippen molar-refractivity contribution in [1.29, 1.82) is 0 Å². The summed E-state index contributed by atoms with van der Waals surface area (Å²) >= 11 is 1.23. The van der Waals surface area contributed by atoms with E-state index in [1.807, 2.05) is 5.32 Å². The van der Waals surface area contributed by atoms with E-state index in [0.717, 1.165) is 6.20 Å². The van der Waals surface area contributed by atoms with Gasteiger partial charge >= 0.3 is 0 Å². The van der Waals surface area contributed by atoms with E-state index in [-0.39, 0.29) is 5.56 Å². The highest BCUT2D eigenvalue weighted by Gasteiger charge is 2.28. The number of nitrogens with two attached hydrogens (primary N) is 1. The van der Waals surface area contributed by atoms with E-state index < -0.39 is 30.5 Å². The third-order valence-corrected chi connectivity index (χ3v) is 3.16. The second-order valence-corrected chi connectivity index (χ2v) is 4.65. The third kappa shape index (κ3) is 2.76. The molecule has 0 aliphatic carbocycles. The van der Waals surface area contributed by atoms with Gasteiger partial charge in [0.05, 0.1) is 13.1 Å². The maximum Gasteiger partial charge on any atom is 0.277 e. The first kappa shape index (κ1) is 13.6. The molecular formula is C10H10F2N4O2S. The summed E-state index contributed by atoms with van der Waals surface area (Å²) in [5.74, 6) is -4.10. The van der Waals surface area contributed by atoms with Crippen molar-refractivity contribution in [1.82, 2.24) is 14.7 Å². The van der Waals surface area contributed by atoms with E-state index in [1.165, 1.54) is 21.9 Å². The molecule has 3 N–H and O–H groups in total. The topological polar surface area (TPSA) is 89.5 Å². The van der Waals surface area contributed by atoms with Crippen LogP contribution in [0, 0.1) is 0 Å². The average Bonchev–Trinajstić information content (AvgIpc) is 2.86. The summed E-state index contributed by atoms with van der Waals surface area (Å²) in [6.45, 7) is -1.80. The molecule has 0 radical (unpaired) electrons. The third-order valence-electron chi connectivity index (χ3n) is 2.39. The van der Waals surface area contributed by atoms with E-state index in [1.54, 1.807) is 5.38 Å². The van der Waals surface area contributed by atoms with Crippen LogP contribution in [0.4, 0.5) is 8.78 Å². The van der Waals surface area contributed by atoms with Gasteiger partial charge in [-0.05, 0) is 0 Å². The van der Waals surface area contributed by atoms with E-state index in [0.29, 0.717) is 4.96 Å². The lowest BCUT2D eigenvalue weighted by Crippen LogP contribution is -2.42. The molecule has 1 amide bonds. The summed E-state index contributed by atoms with van der Waals surface area (Å²) in [6.07, 6.45) is 2.53. The molecular weight excluding hydrogens is 278 g/mol. The van der Waals surface area contributed by atoms with Crippen molar-refractivity contribution in [2.45, 2.75) is 5.92 Å². The number of rotatable bonds is 4. The first-order valence-corrected chi connectivity index (χ1v) is 6.13. The fraction of sp³-hybridized carbons (Fsp3) is 0.300. The van der Waals surface area contributed by atoms with Crippen LogP contribution in [0.5, 0.6) is 0 Å². The molecule has 0 fully saturated rings. The highest BCUT2D eigenvalue weighted by Crippen LogP contribution is 2.09. The van der Waals surface area contributed by atoms with Crippen LogP contribution in [0.1, 0.15) is 10.4 Å². The van der Waals surface area contributed by atoms with Crippen LogP contribution in [0.3, 0.4) is 0 Å². The SMILES string of the molecule is NCC(F)(F)CNC(=O)c1cnc2sccn2c1=O. The Morgan fingerprint density at radius 3 is 3.00 bits per heavy atom. The summed E-state index contributed by atoms with van der Waals surface area (Å²) < 4.78 is 27.0. The van der Waals surface area contributed by atoms with Crippen molar-refractivity contribution in [2.75, 3.05) is 13.1 Å². The van der Waals surface area contributed by atoms with Crippen molar-refractivity contribution < 1.29 is 13.6 Å². The lowest BCUT2D eigenvalue weighted by Gasteiger charge is -2.14. The van der Waals surface area contributed by atoms with Gasteiger partial charge in [0.2, 0.25) is 0 Å². The minimum Gasteiger partial charge on any atom is -0.346 e. The molecule has 2 heterocycles. The molecule has 0 spiro atoms. The summed E-state index contributed by atoms with van der Waals surface area (Å²) in [5.41, 5.74) is 3.96. The largest absolute Gasteiger partial charge is 0.346 e. The van der Waals surface area contributed by atoms with Crippen LogP contribution >= 0.6 is 11.3 Å². The molecule has 2 aromatic heterocycles. The first-order chi connectivity index (χ1) is 8.94. The summed E-state index contributed by atoms with van der Waals surface area (Å²) in [6, 6.07) is 0. The number of amides is 1. The van der Waals surface area contributed by atoms with Gasteiger partial charge in [-0.3, -0.25) is 14.0 Å². The Bertz CT molecular complexity index is 667. The fourth-order valence-electron chi connectivity index (χ4n) is 1.36. The Hall–Kier alpha value is -1.87. The standard InChI is InChI=1S/C10H10F2N4O2S/c11-10(12,4-13)5-15-7(17)6-3-14-9-16(8(6)18)1-2-19-9/h1-3H,4-5,13H2,(H,15,17). The molecule has 2 aromatic rings. The predicted molar refractivity (Wildman–Crippen MR) is 65.7 cm³/mol. The van der Waals surface area contributed by atoms with E-state index in [2.05, 4.69) is 4.98 Å². The summed E-state index contributed by atoms with van der Waals surface area (Å²) in [7, 11) is 0. The Morgan fingerprint density at radius 1 is 1.58 bits per heavy atom. The Morgan fingerprint density at radius 2 is 2.32 bits per heavy atom. The van der Waals surface area contributed by atoms with Crippen LogP contribution in [0.25, 0.3) is 4.96 Å². The van der Waals surface area contributed by atoms with Crippen molar-refractivity contribution in [3.63, 3.8) is 0 Å². The molecule has 102 valence electrons. The number of thiazole rings is 1. The molecule has 0 aliphatic heterocycles. The smallest absolute Gasteiger partial charge is 0.277 e. The number of hydrogen-bond acceptors (Lipinski definition) is 5. The van der Waals surface area contributed by atoms with Crippen LogP contribution in [-0.2, 0) is 0 Å². The Balaban J connectivity index is 2.22. The zero-order valence-corrected chi connectivity index (χ0v) is 10.4. The molecule has 6 nitrogen and oxygen atoms in total. The van der Waals surface area contributed by atoms with Crippen LogP contribution in [-0.4, -0.2) is 34.3 Å². The number of nitrogens with one attached hydrogen (secondary N) is 1. The van der Waals surface area contributed by atoms with Gasteiger partial charge < -0.3 is 11.1 Å². The highest BCUT2D eigenvalue weighted by atomic mass is 32.1. The summed E-state index contributed by atoms with van der Waals surface area (Å²) in [4.78, 5) is 27.9. The molecule has 0 atom stereocenters. The molecule has 19 heavy (non-hydrogen) atoms. The van der Waals surface area contributed by atoms with Gasteiger partial charge in [0.15, 0.2) is 4.96 Å².